The number of aromatic nitrogens is 4. The minimum Gasteiger partial charge on any atom is -0.304 e. The van der Waals surface area contributed by atoms with E-state index < -0.39 is 0 Å². The molecule has 98 valence electrons. The first kappa shape index (κ1) is 14.0. The molecule has 3 N–H and O–H groups in total. The number of nitrogens with zero attached hydrogens (tertiary/aromatic N) is 5. The fourth-order valence-electron chi connectivity index (χ4n) is 1.75. The lowest BCUT2D eigenvalue weighted by Gasteiger charge is -2.21. The summed E-state index contributed by atoms with van der Waals surface area (Å²) >= 11 is 0. The van der Waals surface area contributed by atoms with Gasteiger partial charge in [0.1, 0.15) is 0 Å². The summed E-state index contributed by atoms with van der Waals surface area (Å²) in [7, 11) is 1.76. The molecule has 0 aromatic carbocycles. The number of rotatable bonds is 8. The number of aryl methyl sites for hydroxylation is 1. The molecule has 0 spiro atoms. The molecule has 0 saturated carbocycles. The molecule has 0 aliphatic heterocycles. The number of nitrogens with two attached hydrogens (primary N) is 1. The average Bonchev–Trinajstić information content (AvgIpc) is 2.74. The van der Waals surface area contributed by atoms with E-state index in [1.54, 1.807) is 7.05 Å². The second-order valence-corrected chi connectivity index (χ2v) is 4.08. The van der Waals surface area contributed by atoms with Gasteiger partial charge in [0.15, 0.2) is 5.82 Å². The third-order valence-corrected chi connectivity index (χ3v) is 2.90. The standard InChI is InChI=1S/C10H23N7/c1-4-17(5-2)7-6-9(12-11)8-10-13-15-16(3)14-10/h9,12H,4-8,11H2,1-3H3. The second kappa shape index (κ2) is 7.31. The number of hydrogen-bond acceptors (Lipinski definition) is 6. The molecule has 0 aliphatic rings. The average molecular weight is 241 g/mol. The number of nitrogens with one attached hydrogen (secondary N) is 1. The molecule has 1 heterocycles. The molecule has 0 radical (unpaired) electrons. The highest BCUT2D eigenvalue weighted by Gasteiger charge is 2.12. The van der Waals surface area contributed by atoms with Gasteiger partial charge >= 0.3 is 0 Å². The molecule has 17 heavy (non-hydrogen) atoms. The monoisotopic (exact) mass is 241 g/mol. The van der Waals surface area contributed by atoms with Gasteiger partial charge in [0, 0.05) is 12.5 Å². The molecule has 0 fully saturated rings. The van der Waals surface area contributed by atoms with Crippen LogP contribution in [0.4, 0.5) is 0 Å². The van der Waals surface area contributed by atoms with Crippen LogP contribution < -0.4 is 11.3 Å². The van der Waals surface area contributed by atoms with Crippen LogP contribution in [0.15, 0.2) is 0 Å². The number of hydrazine groups is 1. The first-order valence-electron chi connectivity index (χ1n) is 6.10. The van der Waals surface area contributed by atoms with Crippen molar-refractivity contribution in [2.24, 2.45) is 12.9 Å². The third kappa shape index (κ3) is 4.76. The quantitative estimate of drug-likeness (QED) is 0.463. The largest absolute Gasteiger partial charge is 0.304 e. The number of tetrazole rings is 1. The molecule has 1 unspecified atom stereocenters. The minimum absolute atomic E-state index is 0.194. The normalized spacial score (nSPS) is 13.2. The van der Waals surface area contributed by atoms with Crippen LogP contribution in [-0.4, -0.2) is 50.8 Å². The van der Waals surface area contributed by atoms with Crippen molar-refractivity contribution < 1.29 is 0 Å². The molecule has 1 atom stereocenters. The molecule has 0 saturated heterocycles. The summed E-state index contributed by atoms with van der Waals surface area (Å²) in [6.45, 7) is 7.49. The molecule has 0 bridgehead atoms. The van der Waals surface area contributed by atoms with Crippen molar-refractivity contribution >= 4 is 0 Å². The van der Waals surface area contributed by atoms with Crippen molar-refractivity contribution in [1.82, 2.24) is 30.5 Å². The highest BCUT2D eigenvalue weighted by Crippen LogP contribution is 2.01. The van der Waals surface area contributed by atoms with Gasteiger partial charge in [-0.05, 0) is 31.3 Å². The molecule has 1 aromatic heterocycles. The van der Waals surface area contributed by atoms with Crippen LogP contribution in [0.25, 0.3) is 0 Å². The summed E-state index contributed by atoms with van der Waals surface area (Å²) in [6, 6.07) is 0.194. The van der Waals surface area contributed by atoms with Crippen molar-refractivity contribution in [1.29, 1.82) is 0 Å². The Bertz CT molecular complexity index is 307. The Labute approximate surface area is 102 Å². The van der Waals surface area contributed by atoms with Gasteiger partial charge in [0.05, 0.1) is 7.05 Å². The highest BCUT2D eigenvalue weighted by atomic mass is 15.6. The van der Waals surface area contributed by atoms with Crippen molar-refractivity contribution in [3.63, 3.8) is 0 Å². The zero-order chi connectivity index (χ0) is 12.7. The summed E-state index contributed by atoms with van der Waals surface area (Å²) in [5.41, 5.74) is 2.82. The van der Waals surface area contributed by atoms with Crippen LogP contribution in [0.5, 0.6) is 0 Å². The summed E-state index contributed by atoms with van der Waals surface area (Å²) in [6.07, 6.45) is 1.70. The summed E-state index contributed by atoms with van der Waals surface area (Å²) in [4.78, 5) is 3.84. The summed E-state index contributed by atoms with van der Waals surface area (Å²) < 4.78 is 0. The fourth-order valence-corrected chi connectivity index (χ4v) is 1.75. The Hall–Kier alpha value is -1.05. The van der Waals surface area contributed by atoms with Gasteiger partial charge in [-0.1, -0.05) is 13.8 Å². The van der Waals surface area contributed by atoms with E-state index in [9.17, 15) is 0 Å². The summed E-state index contributed by atoms with van der Waals surface area (Å²) in [5, 5.41) is 11.9. The van der Waals surface area contributed by atoms with E-state index in [0.29, 0.717) is 6.42 Å². The van der Waals surface area contributed by atoms with Crippen molar-refractivity contribution in [3.05, 3.63) is 5.82 Å². The Kier molecular flexibility index (Phi) is 6.03. The molecular weight excluding hydrogens is 218 g/mol. The third-order valence-electron chi connectivity index (χ3n) is 2.90. The van der Waals surface area contributed by atoms with Crippen LogP contribution in [0.1, 0.15) is 26.1 Å². The Morgan fingerprint density at radius 3 is 2.59 bits per heavy atom. The van der Waals surface area contributed by atoms with Gasteiger partial charge in [-0.25, -0.2) is 0 Å². The van der Waals surface area contributed by atoms with Gasteiger partial charge in [0.2, 0.25) is 0 Å². The van der Waals surface area contributed by atoms with Crippen molar-refractivity contribution in [2.75, 3.05) is 19.6 Å². The van der Waals surface area contributed by atoms with E-state index in [2.05, 4.69) is 39.6 Å². The first-order chi connectivity index (χ1) is 8.19. The van der Waals surface area contributed by atoms with Crippen LogP contribution in [0, 0.1) is 0 Å². The van der Waals surface area contributed by atoms with Gasteiger partial charge < -0.3 is 4.90 Å². The smallest absolute Gasteiger partial charge is 0.176 e. The lowest BCUT2D eigenvalue weighted by molar-refractivity contribution is 0.280. The number of hydrogen-bond donors (Lipinski definition) is 2. The summed E-state index contributed by atoms with van der Waals surface area (Å²) in [5.74, 6) is 6.28. The SMILES string of the molecule is CCN(CC)CCC(Cc1nnn(C)n1)NN. The molecular formula is C10H23N7. The van der Waals surface area contributed by atoms with Gasteiger partial charge in [-0.3, -0.25) is 11.3 Å². The maximum absolute atomic E-state index is 5.55. The van der Waals surface area contributed by atoms with Crippen molar-refractivity contribution in [2.45, 2.75) is 32.7 Å². The predicted molar refractivity (Wildman–Crippen MR) is 66.0 cm³/mol. The first-order valence-corrected chi connectivity index (χ1v) is 6.10. The lowest BCUT2D eigenvalue weighted by Crippen LogP contribution is -2.40. The lowest BCUT2D eigenvalue weighted by atomic mass is 10.1. The Morgan fingerprint density at radius 2 is 2.12 bits per heavy atom. The Balaban J connectivity index is 2.38. The topological polar surface area (TPSA) is 84.9 Å². The molecule has 1 aromatic rings. The second-order valence-electron chi connectivity index (χ2n) is 4.08. The predicted octanol–water partition coefficient (Wildman–Crippen LogP) is -0.684. The van der Waals surface area contributed by atoms with E-state index in [1.807, 2.05) is 0 Å². The molecule has 0 amide bonds. The molecule has 7 nitrogen and oxygen atoms in total. The highest BCUT2D eigenvalue weighted by molar-refractivity contribution is 4.84. The zero-order valence-corrected chi connectivity index (χ0v) is 10.9. The molecule has 1 rings (SSSR count). The van der Waals surface area contributed by atoms with Gasteiger partial charge in [-0.2, -0.15) is 4.80 Å². The van der Waals surface area contributed by atoms with Crippen LogP contribution in [0.3, 0.4) is 0 Å². The minimum atomic E-state index is 0.194. The van der Waals surface area contributed by atoms with Crippen molar-refractivity contribution in [3.8, 4) is 0 Å². The van der Waals surface area contributed by atoms with E-state index in [1.165, 1.54) is 4.80 Å². The molecule has 7 heteroatoms. The fraction of sp³-hybridized carbons (Fsp3) is 0.900. The maximum Gasteiger partial charge on any atom is 0.176 e. The van der Waals surface area contributed by atoms with Crippen LogP contribution in [-0.2, 0) is 13.5 Å². The van der Waals surface area contributed by atoms with E-state index in [4.69, 9.17) is 5.84 Å². The Morgan fingerprint density at radius 1 is 1.41 bits per heavy atom. The van der Waals surface area contributed by atoms with Crippen LogP contribution in [0.2, 0.25) is 0 Å². The zero-order valence-electron chi connectivity index (χ0n) is 10.9. The van der Waals surface area contributed by atoms with Crippen LogP contribution >= 0.6 is 0 Å². The van der Waals surface area contributed by atoms with E-state index in [-0.39, 0.29) is 6.04 Å². The van der Waals surface area contributed by atoms with Gasteiger partial charge in [-0.15, -0.1) is 10.2 Å². The van der Waals surface area contributed by atoms with Gasteiger partial charge in [0.25, 0.3) is 0 Å². The molecule has 0 aliphatic carbocycles. The van der Waals surface area contributed by atoms with E-state index >= 15 is 0 Å². The van der Waals surface area contributed by atoms with E-state index in [0.717, 1.165) is 31.9 Å². The maximum atomic E-state index is 5.55.